The molecule has 0 aromatic heterocycles. The van der Waals surface area contributed by atoms with E-state index < -0.39 is 0 Å². The van der Waals surface area contributed by atoms with E-state index in [9.17, 15) is 4.39 Å². The van der Waals surface area contributed by atoms with E-state index >= 15 is 0 Å². The molecule has 0 aliphatic carbocycles. The van der Waals surface area contributed by atoms with Gasteiger partial charge in [-0.05, 0) is 31.0 Å². The molecule has 0 atom stereocenters. The Labute approximate surface area is 119 Å². The minimum atomic E-state index is -0.368. The standard InChI is InChI=1S/C14H21ClFNO2/c1-18-9-10-19-8-3-2-7-17-11-12-5-4-6-13(16)14(12)15/h4-6,17H,2-3,7-11H2,1H3. The van der Waals surface area contributed by atoms with Crippen LogP contribution in [-0.2, 0) is 16.0 Å². The highest BCUT2D eigenvalue weighted by atomic mass is 35.5. The van der Waals surface area contributed by atoms with E-state index in [-0.39, 0.29) is 10.8 Å². The van der Waals surface area contributed by atoms with Crippen LogP contribution in [0.2, 0.25) is 5.02 Å². The van der Waals surface area contributed by atoms with Crippen LogP contribution in [-0.4, -0.2) is 33.5 Å². The van der Waals surface area contributed by atoms with E-state index in [0.717, 1.165) is 31.6 Å². The third kappa shape index (κ3) is 6.87. The number of benzene rings is 1. The number of halogens is 2. The molecule has 0 fully saturated rings. The van der Waals surface area contributed by atoms with Crippen molar-refractivity contribution in [2.45, 2.75) is 19.4 Å². The average molecular weight is 290 g/mol. The number of ether oxygens (including phenoxy) is 2. The lowest BCUT2D eigenvalue weighted by Gasteiger charge is -2.07. The second-order valence-electron chi connectivity index (χ2n) is 4.20. The quantitative estimate of drug-likeness (QED) is 0.672. The van der Waals surface area contributed by atoms with Gasteiger partial charge >= 0.3 is 0 Å². The van der Waals surface area contributed by atoms with E-state index in [1.165, 1.54) is 6.07 Å². The highest BCUT2D eigenvalue weighted by Gasteiger charge is 2.04. The van der Waals surface area contributed by atoms with E-state index in [1.54, 1.807) is 13.2 Å². The predicted molar refractivity (Wildman–Crippen MR) is 75.0 cm³/mol. The van der Waals surface area contributed by atoms with Crippen molar-refractivity contribution in [3.8, 4) is 0 Å². The Kier molecular flexibility index (Phi) is 8.75. The molecule has 0 unspecified atom stereocenters. The van der Waals surface area contributed by atoms with Crippen LogP contribution in [0.4, 0.5) is 4.39 Å². The molecule has 5 heteroatoms. The number of hydrogen-bond donors (Lipinski definition) is 1. The van der Waals surface area contributed by atoms with E-state index in [2.05, 4.69) is 5.32 Å². The summed E-state index contributed by atoms with van der Waals surface area (Å²) in [7, 11) is 1.66. The maximum Gasteiger partial charge on any atom is 0.142 e. The van der Waals surface area contributed by atoms with Crippen molar-refractivity contribution in [2.24, 2.45) is 0 Å². The molecular weight excluding hydrogens is 269 g/mol. The number of rotatable bonds is 10. The van der Waals surface area contributed by atoms with Gasteiger partial charge < -0.3 is 14.8 Å². The van der Waals surface area contributed by atoms with Gasteiger partial charge in [-0.2, -0.15) is 0 Å². The zero-order valence-corrected chi connectivity index (χ0v) is 12.0. The molecule has 108 valence electrons. The Morgan fingerprint density at radius 2 is 2.05 bits per heavy atom. The minimum absolute atomic E-state index is 0.206. The summed E-state index contributed by atoms with van der Waals surface area (Å²) in [6, 6.07) is 4.86. The molecule has 0 bridgehead atoms. The molecule has 0 spiro atoms. The molecule has 3 nitrogen and oxygen atoms in total. The summed E-state index contributed by atoms with van der Waals surface area (Å²) in [5, 5.41) is 3.45. The van der Waals surface area contributed by atoms with Crippen molar-refractivity contribution in [3.05, 3.63) is 34.6 Å². The van der Waals surface area contributed by atoms with E-state index in [4.69, 9.17) is 21.1 Å². The smallest absolute Gasteiger partial charge is 0.142 e. The van der Waals surface area contributed by atoms with Crippen molar-refractivity contribution in [3.63, 3.8) is 0 Å². The first kappa shape index (κ1) is 16.4. The van der Waals surface area contributed by atoms with Crippen LogP contribution in [0.3, 0.4) is 0 Å². The fourth-order valence-electron chi connectivity index (χ4n) is 1.61. The van der Waals surface area contributed by atoms with Crippen molar-refractivity contribution in [1.29, 1.82) is 0 Å². The van der Waals surface area contributed by atoms with Gasteiger partial charge in [-0.1, -0.05) is 23.7 Å². The largest absolute Gasteiger partial charge is 0.382 e. The Morgan fingerprint density at radius 1 is 1.21 bits per heavy atom. The van der Waals surface area contributed by atoms with Gasteiger partial charge in [0, 0.05) is 20.3 Å². The summed E-state index contributed by atoms with van der Waals surface area (Å²) in [5.74, 6) is -0.368. The zero-order valence-electron chi connectivity index (χ0n) is 11.3. The molecule has 1 aromatic rings. The SMILES string of the molecule is COCCOCCCCNCc1cccc(F)c1Cl. The highest BCUT2D eigenvalue weighted by molar-refractivity contribution is 6.31. The van der Waals surface area contributed by atoms with E-state index in [1.807, 2.05) is 6.07 Å². The van der Waals surface area contributed by atoms with Crippen LogP contribution in [0.15, 0.2) is 18.2 Å². The molecule has 1 aromatic carbocycles. The van der Waals surface area contributed by atoms with Gasteiger partial charge in [0.1, 0.15) is 5.82 Å². The Balaban J connectivity index is 2.03. The van der Waals surface area contributed by atoms with Crippen molar-refractivity contribution in [1.82, 2.24) is 5.32 Å². The normalized spacial score (nSPS) is 10.9. The summed E-state index contributed by atoms with van der Waals surface area (Å²) in [4.78, 5) is 0. The summed E-state index contributed by atoms with van der Waals surface area (Å²) >= 11 is 5.86. The zero-order chi connectivity index (χ0) is 13.9. The van der Waals surface area contributed by atoms with Gasteiger partial charge in [0.25, 0.3) is 0 Å². The second-order valence-corrected chi connectivity index (χ2v) is 4.58. The van der Waals surface area contributed by atoms with Gasteiger partial charge in [-0.3, -0.25) is 0 Å². The minimum Gasteiger partial charge on any atom is -0.382 e. The predicted octanol–water partition coefficient (Wildman–Crippen LogP) is 3.01. The van der Waals surface area contributed by atoms with Gasteiger partial charge in [-0.15, -0.1) is 0 Å². The monoisotopic (exact) mass is 289 g/mol. The fourth-order valence-corrected chi connectivity index (χ4v) is 1.80. The van der Waals surface area contributed by atoms with Crippen molar-refractivity contribution in [2.75, 3.05) is 33.5 Å². The topological polar surface area (TPSA) is 30.5 Å². The maximum absolute atomic E-state index is 13.2. The lowest BCUT2D eigenvalue weighted by atomic mass is 10.2. The van der Waals surface area contributed by atoms with Crippen LogP contribution in [0.25, 0.3) is 0 Å². The Morgan fingerprint density at radius 3 is 2.84 bits per heavy atom. The van der Waals surface area contributed by atoms with Crippen molar-refractivity contribution >= 4 is 11.6 Å². The Bertz CT molecular complexity index is 363. The molecule has 0 heterocycles. The first-order chi connectivity index (χ1) is 9.25. The van der Waals surface area contributed by atoms with Crippen LogP contribution in [0.5, 0.6) is 0 Å². The maximum atomic E-state index is 13.2. The first-order valence-corrected chi connectivity index (χ1v) is 6.83. The molecule has 1 N–H and O–H groups in total. The third-order valence-electron chi connectivity index (χ3n) is 2.67. The molecule has 0 radical (unpaired) electrons. The van der Waals surface area contributed by atoms with Gasteiger partial charge in [0.05, 0.1) is 18.2 Å². The number of nitrogens with one attached hydrogen (secondary N) is 1. The third-order valence-corrected chi connectivity index (χ3v) is 3.09. The number of unbranched alkanes of at least 4 members (excludes halogenated alkanes) is 1. The summed E-state index contributed by atoms with van der Waals surface area (Å²) in [5.41, 5.74) is 0.790. The van der Waals surface area contributed by atoms with Crippen LogP contribution < -0.4 is 5.32 Å². The highest BCUT2D eigenvalue weighted by Crippen LogP contribution is 2.19. The van der Waals surface area contributed by atoms with Crippen LogP contribution >= 0.6 is 11.6 Å². The molecule has 19 heavy (non-hydrogen) atoms. The summed E-state index contributed by atoms with van der Waals surface area (Å²) in [6.07, 6.45) is 2.01. The Hall–Kier alpha value is -0.680. The number of methoxy groups -OCH3 is 1. The number of hydrogen-bond acceptors (Lipinski definition) is 3. The summed E-state index contributed by atoms with van der Waals surface area (Å²) < 4.78 is 23.4. The van der Waals surface area contributed by atoms with Crippen molar-refractivity contribution < 1.29 is 13.9 Å². The summed E-state index contributed by atoms with van der Waals surface area (Å²) in [6.45, 7) is 3.46. The molecule has 0 saturated heterocycles. The average Bonchev–Trinajstić information content (AvgIpc) is 2.41. The molecule has 0 aliphatic rings. The van der Waals surface area contributed by atoms with Gasteiger partial charge in [0.2, 0.25) is 0 Å². The molecular formula is C14H21ClFNO2. The van der Waals surface area contributed by atoms with Crippen LogP contribution in [0, 0.1) is 5.82 Å². The lowest BCUT2D eigenvalue weighted by molar-refractivity contribution is 0.0688. The molecule has 0 amide bonds. The lowest BCUT2D eigenvalue weighted by Crippen LogP contribution is -2.16. The molecule has 0 aliphatic heterocycles. The van der Waals surface area contributed by atoms with Crippen LogP contribution in [0.1, 0.15) is 18.4 Å². The molecule has 0 saturated carbocycles. The molecule has 1 rings (SSSR count). The van der Waals surface area contributed by atoms with Gasteiger partial charge in [-0.25, -0.2) is 4.39 Å². The van der Waals surface area contributed by atoms with Gasteiger partial charge in [0.15, 0.2) is 0 Å². The first-order valence-electron chi connectivity index (χ1n) is 6.46. The second kappa shape index (κ2) is 10.1. The fraction of sp³-hybridized carbons (Fsp3) is 0.571. The van der Waals surface area contributed by atoms with E-state index in [0.29, 0.717) is 19.8 Å².